The van der Waals surface area contributed by atoms with Gasteiger partial charge in [-0.1, -0.05) is 42.1 Å². The zero-order chi connectivity index (χ0) is 18.7. The maximum atomic E-state index is 13.4. The maximum absolute atomic E-state index is 13.4. The molecule has 0 aliphatic carbocycles. The smallest absolute Gasteiger partial charge is 0.192 e. The van der Waals surface area contributed by atoms with Crippen LogP contribution in [0.4, 0.5) is 8.78 Å². The number of thioether (sulfide) groups is 1. The first-order valence-electron chi connectivity index (χ1n) is 8.15. The monoisotopic (exact) mass is 373 g/mol. The number of carbonyl (C=O) groups is 1. The molecule has 3 rings (SSSR count). The Balaban J connectivity index is 1.83. The molecule has 0 unspecified atom stereocenters. The van der Waals surface area contributed by atoms with E-state index in [1.54, 1.807) is 6.92 Å². The summed E-state index contributed by atoms with van der Waals surface area (Å²) >= 11 is 1.25. The molecule has 1 atom stereocenters. The normalized spacial score (nSPS) is 12.2. The molecule has 0 amide bonds. The van der Waals surface area contributed by atoms with Crippen LogP contribution in [-0.2, 0) is 6.54 Å². The molecular weight excluding hydrogens is 356 g/mol. The molecule has 0 aliphatic heterocycles. The molecule has 0 fully saturated rings. The molecule has 0 saturated heterocycles. The Bertz CT molecular complexity index is 928. The molecule has 0 N–H and O–H groups in total. The largest absolute Gasteiger partial charge is 0.302 e. The van der Waals surface area contributed by atoms with E-state index in [1.807, 2.05) is 41.8 Å². The number of nitrogens with zero attached hydrogens (tertiary/aromatic N) is 3. The molecule has 0 aliphatic rings. The van der Waals surface area contributed by atoms with Gasteiger partial charge in [0.05, 0.1) is 5.25 Å². The van der Waals surface area contributed by atoms with Crippen LogP contribution in [0.25, 0.3) is 11.4 Å². The fourth-order valence-electron chi connectivity index (χ4n) is 2.56. The van der Waals surface area contributed by atoms with E-state index in [2.05, 4.69) is 10.2 Å². The molecule has 134 valence electrons. The Morgan fingerprint density at radius 1 is 1.12 bits per heavy atom. The zero-order valence-corrected chi connectivity index (χ0v) is 15.1. The molecule has 1 aromatic heterocycles. The number of rotatable bonds is 6. The first kappa shape index (κ1) is 18.3. The first-order chi connectivity index (χ1) is 12.5. The highest BCUT2D eigenvalue weighted by Gasteiger charge is 2.22. The van der Waals surface area contributed by atoms with E-state index in [-0.39, 0.29) is 11.3 Å². The first-order valence-corrected chi connectivity index (χ1v) is 9.03. The Kier molecular flexibility index (Phi) is 5.46. The van der Waals surface area contributed by atoms with Crippen molar-refractivity contribution in [1.82, 2.24) is 14.8 Å². The average Bonchev–Trinajstić information content (AvgIpc) is 3.06. The summed E-state index contributed by atoms with van der Waals surface area (Å²) in [5, 5.41) is 8.53. The number of benzene rings is 2. The third-order valence-electron chi connectivity index (χ3n) is 3.92. The van der Waals surface area contributed by atoms with Crippen molar-refractivity contribution in [1.29, 1.82) is 0 Å². The van der Waals surface area contributed by atoms with Crippen LogP contribution in [0.1, 0.15) is 24.2 Å². The van der Waals surface area contributed by atoms with Gasteiger partial charge in [0, 0.05) is 17.7 Å². The lowest BCUT2D eigenvalue weighted by Gasteiger charge is -2.12. The second-order valence-electron chi connectivity index (χ2n) is 5.67. The van der Waals surface area contributed by atoms with Crippen LogP contribution in [0.15, 0.2) is 53.7 Å². The molecule has 0 spiro atoms. The van der Waals surface area contributed by atoms with Crippen LogP contribution in [0.5, 0.6) is 0 Å². The van der Waals surface area contributed by atoms with Gasteiger partial charge in [-0.2, -0.15) is 0 Å². The molecule has 0 saturated carbocycles. The zero-order valence-electron chi connectivity index (χ0n) is 14.3. The molecule has 1 heterocycles. The van der Waals surface area contributed by atoms with Crippen LogP contribution in [-0.4, -0.2) is 25.8 Å². The summed E-state index contributed by atoms with van der Waals surface area (Å²) < 4.78 is 28.4. The minimum absolute atomic E-state index is 0.134. The number of aromatic nitrogens is 3. The van der Waals surface area contributed by atoms with Gasteiger partial charge in [-0.05, 0) is 32.0 Å². The van der Waals surface area contributed by atoms with Gasteiger partial charge in [0.2, 0.25) is 0 Å². The summed E-state index contributed by atoms with van der Waals surface area (Å²) in [6.45, 7) is 4.33. The predicted molar refractivity (Wildman–Crippen MR) is 97.1 cm³/mol. The van der Waals surface area contributed by atoms with Crippen LogP contribution in [0, 0.1) is 11.6 Å². The van der Waals surface area contributed by atoms with E-state index in [1.165, 1.54) is 17.8 Å². The minimum Gasteiger partial charge on any atom is -0.302 e. The van der Waals surface area contributed by atoms with Gasteiger partial charge in [-0.15, -0.1) is 10.2 Å². The van der Waals surface area contributed by atoms with Gasteiger partial charge in [0.15, 0.2) is 28.4 Å². The Morgan fingerprint density at radius 3 is 2.50 bits per heavy atom. The number of halogens is 2. The summed E-state index contributed by atoms with van der Waals surface area (Å²) in [6, 6.07) is 12.8. The molecule has 0 radical (unpaired) electrons. The summed E-state index contributed by atoms with van der Waals surface area (Å²) in [4.78, 5) is 12.5. The van der Waals surface area contributed by atoms with E-state index in [0.717, 1.165) is 23.5 Å². The fraction of sp³-hybridized carbons (Fsp3) is 0.211. The maximum Gasteiger partial charge on any atom is 0.192 e. The van der Waals surface area contributed by atoms with Crippen molar-refractivity contribution in [2.75, 3.05) is 0 Å². The van der Waals surface area contributed by atoms with Gasteiger partial charge < -0.3 is 4.57 Å². The lowest BCUT2D eigenvalue weighted by atomic mass is 10.1. The highest BCUT2D eigenvalue weighted by atomic mass is 32.2. The van der Waals surface area contributed by atoms with Crippen molar-refractivity contribution in [2.24, 2.45) is 0 Å². The van der Waals surface area contributed by atoms with Gasteiger partial charge in [0.25, 0.3) is 0 Å². The molecule has 3 aromatic rings. The topological polar surface area (TPSA) is 47.8 Å². The summed E-state index contributed by atoms with van der Waals surface area (Å²) in [7, 11) is 0. The van der Waals surface area contributed by atoms with Crippen LogP contribution in [0.3, 0.4) is 0 Å². The van der Waals surface area contributed by atoms with Crippen molar-refractivity contribution >= 4 is 17.5 Å². The van der Waals surface area contributed by atoms with Crippen molar-refractivity contribution in [3.8, 4) is 11.4 Å². The quantitative estimate of drug-likeness (QED) is 0.468. The van der Waals surface area contributed by atoms with Crippen molar-refractivity contribution in [2.45, 2.75) is 30.8 Å². The second-order valence-corrected chi connectivity index (χ2v) is 6.98. The lowest BCUT2D eigenvalue weighted by Crippen LogP contribution is -2.15. The Hall–Kier alpha value is -2.54. The van der Waals surface area contributed by atoms with Gasteiger partial charge in [-0.3, -0.25) is 4.79 Å². The van der Waals surface area contributed by atoms with E-state index in [9.17, 15) is 13.6 Å². The van der Waals surface area contributed by atoms with Crippen LogP contribution in [0.2, 0.25) is 0 Å². The number of hydrogen-bond donors (Lipinski definition) is 0. The standard InChI is InChI=1S/C19H17F2N3OS/c1-3-24-18(13-7-5-4-6-8-13)22-23-19(24)26-12(2)17(25)14-9-10-15(20)16(21)11-14/h4-12H,3H2,1-2H3/t12-/m0/s1. The Morgan fingerprint density at radius 2 is 1.85 bits per heavy atom. The predicted octanol–water partition coefficient (Wildman–Crippen LogP) is 4.61. The fourth-order valence-corrected chi connectivity index (χ4v) is 3.55. The van der Waals surface area contributed by atoms with Crippen LogP contribution >= 0.6 is 11.8 Å². The summed E-state index contributed by atoms with van der Waals surface area (Å²) in [5.74, 6) is -1.57. The molecule has 7 heteroatoms. The number of ketones is 1. The summed E-state index contributed by atoms with van der Waals surface area (Å²) in [5.41, 5.74) is 1.07. The second kappa shape index (κ2) is 7.78. The molecule has 4 nitrogen and oxygen atoms in total. The highest BCUT2D eigenvalue weighted by Crippen LogP contribution is 2.28. The van der Waals surface area contributed by atoms with Crippen molar-refractivity contribution < 1.29 is 13.6 Å². The van der Waals surface area contributed by atoms with E-state index in [4.69, 9.17) is 0 Å². The third kappa shape index (κ3) is 3.67. The van der Waals surface area contributed by atoms with Crippen molar-refractivity contribution in [3.63, 3.8) is 0 Å². The third-order valence-corrected chi connectivity index (χ3v) is 5.00. The number of Topliss-reactive ketones (excluding diaryl/α,β-unsaturated/α-hetero) is 1. The number of carbonyl (C=O) groups excluding carboxylic acids is 1. The van der Waals surface area contributed by atoms with Gasteiger partial charge >= 0.3 is 0 Å². The van der Waals surface area contributed by atoms with E-state index >= 15 is 0 Å². The molecule has 0 bridgehead atoms. The minimum atomic E-state index is -1.03. The van der Waals surface area contributed by atoms with Crippen molar-refractivity contribution in [3.05, 3.63) is 65.7 Å². The number of hydrogen-bond acceptors (Lipinski definition) is 4. The Labute approximate surface area is 154 Å². The average molecular weight is 373 g/mol. The lowest BCUT2D eigenvalue weighted by molar-refractivity contribution is 0.0993. The van der Waals surface area contributed by atoms with Gasteiger partial charge in [-0.25, -0.2) is 8.78 Å². The van der Waals surface area contributed by atoms with Crippen LogP contribution < -0.4 is 0 Å². The molecular formula is C19H17F2N3OS. The SMILES string of the molecule is CCn1c(S[C@@H](C)C(=O)c2ccc(F)c(F)c2)nnc1-c1ccccc1. The van der Waals surface area contributed by atoms with E-state index in [0.29, 0.717) is 11.7 Å². The van der Waals surface area contributed by atoms with E-state index < -0.39 is 16.9 Å². The molecule has 2 aromatic carbocycles. The van der Waals surface area contributed by atoms with Gasteiger partial charge in [0.1, 0.15) is 0 Å². The summed E-state index contributed by atoms with van der Waals surface area (Å²) in [6.07, 6.45) is 0. The highest BCUT2D eigenvalue weighted by molar-refractivity contribution is 8.00. The molecule has 26 heavy (non-hydrogen) atoms.